The average molecular weight is 456 g/mol. The van der Waals surface area contributed by atoms with E-state index < -0.39 is 0 Å². The number of hydrogen-bond acceptors (Lipinski definition) is 3. The molecule has 2 aromatic carbocycles. The van der Waals surface area contributed by atoms with E-state index in [4.69, 9.17) is 9.47 Å². The van der Waals surface area contributed by atoms with Crippen LogP contribution in [0.1, 0.15) is 46.3 Å². The van der Waals surface area contributed by atoms with Gasteiger partial charge in [-0.1, -0.05) is 45.8 Å². The van der Waals surface area contributed by atoms with Gasteiger partial charge in [0, 0.05) is 23.1 Å². The summed E-state index contributed by atoms with van der Waals surface area (Å²) in [5, 5.41) is 0.894. The largest absolute Gasteiger partial charge is 0.493 e. The smallest absolute Gasteiger partial charge is 0.258 e. The summed E-state index contributed by atoms with van der Waals surface area (Å²) in [5.74, 6) is 1.39. The summed E-state index contributed by atoms with van der Waals surface area (Å²) >= 11 is 3.42. The summed E-state index contributed by atoms with van der Waals surface area (Å²) in [6.07, 6.45) is 5.66. The summed E-state index contributed by atoms with van der Waals surface area (Å²) in [6.45, 7) is 2.71. The lowest BCUT2D eigenvalue weighted by molar-refractivity contribution is 0.0788. The molecule has 0 saturated heterocycles. The zero-order chi connectivity index (χ0) is 20.4. The van der Waals surface area contributed by atoms with Crippen LogP contribution in [0.15, 0.2) is 42.6 Å². The van der Waals surface area contributed by atoms with Crippen LogP contribution in [0.5, 0.6) is 11.5 Å². The van der Waals surface area contributed by atoms with Gasteiger partial charge >= 0.3 is 0 Å². The van der Waals surface area contributed by atoms with Crippen molar-refractivity contribution in [1.29, 1.82) is 0 Å². The van der Waals surface area contributed by atoms with E-state index in [-0.39, 0.29) is 11.9 Å². The molecule has 4 rings (SSSR count). The number of carbonyl (C=O) groups excluding carboxylic acids is 1. The number of alkyl halides is 1. The fraction of sp³-hybridized carbons (Fsp3) is 0.375. The highest BCUT2D eigenvalue weighted by Crippen LogP contribution is 2.39. The molecule has 29 heavy (non-hydrogen) atoms. The second-order valence-corrected chi connectivity index (χ2v) is 8.47. The molecule has 152 valence electrons. The summed E-state index contributed by atoms with van der Waals surface area (Å²) in [6, 6.07) is 12.6. The number of carbonyl (C=O) groups is 1. The molecular formula is C24H26BrNO3. The fourth-order valence-electron chi connectivity index (χ4n) is 4.08. The Bertz CT molecular complexity index is 936. The Hall–Kier alpha value is -2.27. The SMILES string of the molecule is COc1cc2c(cc1OCCCBr)CC[C@@H]1CC(c3ccc(C)cc3)=CN1C2=O. The summed E-state index contributed by atoms with van der Waals surface area (Å²) in [4.78, 5) is 15.3. The lowest BCUT2D eigenvalue weighted by atomic mass is 9.97. The van der Waals surface area contributed by atoms with Crippen LogP contribution in [0.4, 0.5) is 0 Å². The van der Waals surface area contributed by atoms with Gasteiger partial charge in [-0.2, -0.15) is 0 Å². The normalized spacial score (nSPS) is 18.0. The lowest BCUT2D eigenvalue weighted by Gasteiger charge is -2.21. The molecule has 2 heterocycles. The third-order valence-corrected chi connectivity index (χ3v) is 6.26. The molecule has 2 aliphatic heterocycles. The van der Waals surface area contributed by atoms with E-state index in [9.17, 15) is 4.79 Å². The van der Waals surface area contributed by atoms with Crippen molar-refractivity contribution in [3.05, 3.63) is 64.9 Å². The van der Waals surface area contributed by atoms with Gasteiger partial charge in [-0.05, 0) is 61.4 Å². The van der Waals surface area contributed by atoms with E-state index in [0.717, 1.165) is 47.9 Å². The third kappa shape index (κ3) is 4.06. The second kappa shape index (κ2) is 8.62. The maximum absolute atomic E-state index is 13.4. The standard InChI is InChI=1S/C24H26BrNO3/c1-16-4-6-17(7-5-16)19-12-20-9-8-18-13-23(29-11-3-10-25)22(28-2)14-21(18)24(27)26(20)15-19/h4-7,13-15,20H,3,8-12H2,1-2H3/t20-/m1/s1. The van der Waals surface area contributed by atoms with E-state index in [1.165, 1.54) is 16.7 Å². The highest BCUT2D eigenvalue weighted by atomic mass is 79.9. The fourth-order valence-corrected chi connectivity index (χ4v) is 4.31. The maximum Gasteiger partial charge on any atom is 0.258 e. The molecule has 0 bridgehead atoms. The highest BCUT2D eigenvalue weighted by Gasteiger charge is 2.34. The van der Waals surface area contributed by atoms with Gasteiger partial charge in [-0.3, -0.25) is 4.79 Å². The summed E-state index contributed by atoms with van der Waals surface area (Å²) in [7, 11) is 1.62. The molecule has 4 nitrogen and oxygen atoms in total. The zero-order valence-corrected chi connectivity index (χ0v) is 18.5. The molecule has 0 fully saturated rings. The van der Waals surface area contributed by atoms with E-state index in [1.807, 2.05) is 23.2 Å². The minimum absolute atomic E-state index is 0.0509. The number of fused-ring (bicyclic) bond motifs is 2. The van der Waals surface area contributed by atoms with E-state index in [2.05, 4.69) is 47.1 Å². The minimum Gasteiger partial charge on any atom is -0.493 e. The monoisotopic (exact) mass is 455 g/mol. The molecule has 0 spiro atoms. The number of amides is 1. The third-order valence-electron chi connectivity index (χ3n) is 5.70. The number of benzene rings is 2. The Balaban J connectivity index is 1.63. The van der Waals surface area contributed by atoms with Gasteiger partial charge in [-0.25, -0.2) is 0 Å². The Labute approximate surface area is 180 Å². The predicted octanol–water partition coefficient (Wildman–Crippen LogP) is 5.37. The van der Waals surface area contributed by atoms with Gasteiger partial charge in [0.25, 0.3) is 5.91 Å². The molecule has 0 unspecified atom stereocenters. The summed E-state index contributed by atoms with van der Waals surface area (Å²) < 4.78 is 11.4. The number of methoxy groups -OCH3 is 1. The first kappa shape index (κ1) is 20.0. The van der Waals surface area contributed by atoms with Crippen LogP contribution in [-0.2, 0) is 6.42 Å². The van der Waals surface area contributed by atoms with E-state index in [0.29, 0.717) is 12.4 Å². The van der Waals surface area contributed by atoms with Crippen molar-refractivity contribution >= 4 is 27.4 Å². The van der Waals surface area contributed by atoms with Crippen LogP contribution >= 0.6 is 15.9 Å². The average Bonchev–Trinajstić information content (AvgIpc) is 3.11. The van der Waals surface area contributed by atoms with Crippen LogP contribution in [0.2, 0.25) is 0 Å². The van der Waals surface area contributed by atoms with Crippen LogP contribution in [-0.4, -0.2) is 35.9 Å². The number of aryl methyl sites for hydroxylation is 2. The van der Waals surface area contributed by atoms with Gasteiger partial charge in [0.15, 0.2) is 11.5 Å². The molecule has 2 aliphatic rings. The predicted molar refractivity (Wildman–Crippen MR) is 119 cm³/mol. The van der Waals surface area contributed by atoms with Crippen molar-refractivity contribution in [3.63, 3.8) is 0 Å². The number of ether oxygens (including phenoxy) is 2. The first-order valence-corrected chi connectivity index (χ1v) is 11.2. The van der Waals surface area contributed by atoms with E-state index in [1.54, 1.807) is 7.11 Å². The Morgan fingerprint density at radius 2 is 1.97 bits per heavy atom. The molecule has 1 amide bonds. The molecule has 0 aromatic heterocycles. The molecule has 1 atom stereocenters. The van der Waals surface area contributed by atoms with Gasteiger partial charge < -0.3 is 14.4 Å². The first-order valence-electron chi connectivity index (χ1n) is 10.1. The number of nitrogens with zero attached hydrogens (tertiary/aromatic N) is 1. The Kier molecular flexibility index (Phi) is 5.95. The topological polar surface area (TPSA) is 38.8 Å². The number of hydrogen-bond donors (Lipinski definition) is 0. The second-order valence-electron chi connectivity index (χ2n) is 7.68. The molecule has 0 saturated carbocycles. The van der Waals surface area contributed by atoms with Crippen molar-refractivity contribution in [1.82, 2.24) is 4.90 Å². The van der Waals surface area contributed by atoms with Crippen LogP contribution in [0.3, 0.4) is 0 Å². The van der Waals surface area contributed by atoms with Gasteiger partial charge in [0.1, 0.15) is 0 Å². The van der Waals surface area contributed by atoms with Gasteiger partial charge in [-0.15, -0.1) is 0 Å². The maximum atomic E-state index is 13.4. The molecule has 2 aromatic rings. The van der Waals surface area contributed by atoms with Crippen LogP contribution in [0.25, 0.3) is 5.57 Å². The molecular weight excluding hydrogens is 430 g/mol. The Morgan fingerprint density at radius 1 is 1.17 bits per heavy atom. The van der Waals surface area contributed by atoms with Gasteiger partial charge in [0.05, 0.1) is 13.7 Å². The van der Waals surface area contributed by atoms with Crippen molar-refractivity contribution in [2.24, 2.45) is 0 Å². The molecule has 0 aliphatic carbocycles. The quantitative estimate of drug-likeness (QED) is 0.434. The zero-order valence-electron chi connectivity index (χ0n) is 16.9. The molecule has 5 heteroatoms. The molecule has 0 N–H and O–H groups in total. The highest BCUT2D eigenvalue weighted by molar-refractivity contribution is 9.09. The van der Waals surface area contributed by atoms with Crippen molar-refractivity contribution in [3.8, 4) is 11.5 Å². The summed E-state index contributed by atoms with van der Waals surface area (Å²) in [5.41, 5.74) is 5.44. The molecule has 0 radical (unpaired) electrons. The lowest BCUT2D eigenvalue weighted by Crippen LogP contribution is -2.31. The number of rotatable bonds is 6. The van der Waals surface area contributed by atoms with E-state index >= 15 is 0 Å². The first-order chi connectivity index (χ1) is 14.1. The minimum atomic E-state index is 0.0509. The van der Waals surface area contributed by atoms with Crippen LogP contribution in [0, 0.1) is 6.92 Å². The Morgan fingerprint density at radius 3 is 2.69 bits per heavy atom. The van der Waals surface area contributed by atoms with Crippen molar-refractivity contribution in [2.75, 3.05) is 19.0 Å². The number of halogens is 1. The van der Waals surface area contributed by atoms with Crippen molar-refractivity contribution < 1.29 is 14.3 Å². The van der Waals surface area contributed by atoms with Crippen LogP contribution < -0.4 is 9.47 Å². The van der Waals surface area contributed by atoms with Crippen molar-refractivity contribution in [2.45, 2.75) is 38.6 Å². The van der Waals surface area contributed by atoms with Gasteiger partial charge in [0.2, 0.25) is 0 Å².